The van der Waals surface area contributed by atoms with Gasteiger partial charge in [0.05, 0.1) is 11.5 Å². The van der Waals surface area contributed by atoms with Crippen molar-refractivity contribution in [2.75, 3.05) is 6.61 Å². The zero-order valence-corrected chi connectivity index (χ0v) is 11.6. The zero-order valence-electron chi connectivity index (χ0n) is 10.8. The Hall–Kier alpha value is -0.870. The third-order valence-electron chi connectivity index (χ3n) is 2.42. The number of hydrogen-bond donors (Lipinski definition) is 1. The molecule has 1 rings (SSSR count). The fourth-order valence-electron chi connectivity index (χ4n) is 1.54. The number of hydrogen-bond acceptors (Lipinski definition) is 2. The summed E-state index contributed by atoms with van der Waals surface area (Å²) in [5, 5.41) is 0. The summed E-state index contributed by atoms with van der Waals surface area (Å²) < 4.78 is 25.9. The van der Waals surface area contributed by atoms with Gasteiger partial charge in [0.25, 0.3) is 0 Å². The van der Waals surface area contributed by atoms with Gasteiger partial charge in [-0.15, -0.1) is 0 Å². The van der Waals surface area contributed by atoms with E-state index in [2.05, 4.69) is 20.8 Å². The summed E-state index contributed by atoms with van der Waals surface area (Å²) in [5.74, 6) is 0.800. The molecule has 0 amide bonds. The zero-order chi connectivity index (χ0) is 13.1. The topological polar surface area (TPSA) is 46.5 Å². The molecule has 4 heteroatoms. The number of benzene rings is 1. The summed E-state index contributed by atoms with van der Waals surface area (Å²) in [5.41, 5.74) is 0.851. The molecule has 0 bridgehead atoms. The molecule has 0 radical (unpaired) electrons. The van der Waals surface area contributed by atoms with E-state index in [0.717, 1.165) is 17.7 Å². The first-order chi connectivity index (χ1) is 7.86. The van der Waals surface area contributed by atoms with E-state index in [9.17, 15) is 4.21 Å². The van der Waals surface area contributed by atoms with E-state index in [1.54, 1.807) is 18.2 Å². The van der Waals surface area contributed by atoms with E-state index in [1.165, 1.54) is 0 Å². The van der Waals surface area contributed by atoms with Crippen LogP contribution >= 0.6 is 0 Å². The Morgan fingerprint density at radius 1 is 1.35 bits per heavy atom. The highest BCUT2D eigenvalue weighted by atomic mass is 32.2. The maximum atomic E-state index is 11.1. The Kier molecular flexibility index (Phi) is 4.71. The summed E-state index contributed by atoms with van der Waals surface area (Å²) >= 11 is -1.94. The van der Waals surface area contributed by atoms with Crippen LogP contribution in [0.15, 0.2) is 23.1 Å². The molecule has 0 heterocycles. The van der Waals surface area contributed by atoms with E-state index in [4.69, 9.17) is 9.29 Å². The minimum Gasteiger partial charge on any atom is -0.493 e. The lowest BCUT2D eigenvalue weighted by molar-refractivity contribution is 0.308. The van der Waals surface area contributed by atoms with Gasteiger partial charge in [-0.1, -0.05) is 27.7 Å². The molecular formula is C13H20O3S. The lowest BCUT2D eigenvalue weighted by atomic mass is 9.86. The van der Waals surface area contributed by atoms with Gasteiger partial charge >= 0.3 is 0 Å². The molecular weight excluding hydrogens is 236 g/mol. The molecule has 0 spiro atoms. The van der Waals surface area contributed by atoms with Crippen molar-refractivity contribution in [3.63, 3.8) is 0 Å². The molecule has 1 atom stereocenters. The maximum absolute atomic E-state index is 11.1. The highest BCUT2D eigenvalue weighted by molar-refractivity contribution is 7.79. The third kappa shape index (κ3) is 3.82. The highest BCUT2D eigenvalue weighted by Gasteiger charge is 2.20. The van der Waals surface area contributed by atoms with Gasteiger partial charge in [0.15, 0.2) is 11.1 Å². The van der Waals surface area contributed by atoms with Crippen LogP contribution in [0.1, 0.15) is 39.7 Å². The van der Waals surface area contributed by atoms with Crippen molar-refractivity contribution in [1.82, 2.24) is 0 Å². The predicted molar refractivity (Wildman–Crippen MR) is 70.0 cm³/mol. The van der Waals surface area contributed by atoms with Crippen LogP contribution in [0, 0.1) is 0 Å². The molecule has 96 valence electrons. The molecule has 0 aliphatic heterocycles. The first-order valence-corrected chi connectivity index (χ1v) is 6.85. The number of rotatable bonds is 4. The molecule has 1 unspecified atom stereocenters. The molecule has 0 aliphatic rings. The van der Waals surface area contributed by atoms with Gasteiger partial charge in [-0.2, -0.15) is 0 Å². The van der Waals surface area contributed by atoms with Crippen LogP contribution in [-0.2, 0) is 16.5 Å². The van der Waals surface area contributed by atoms with E-state index >= 15 is 0 Å². The Morgan fingerprint density at radius 3 is 2.47 bits per heavy atom. The average Bonchev–Trinajstić information content (AvgIpc) is 2.24. The van der Waals surface area contributed by atoms with Gasteiger partial charge in [0.1, 0.15) is 5.75 Å². The maximum Gasteiger partial charge on any atom is 0.186 e. The van der Waals surface area contributed by atoms with E-state index in [-0.39, 0.29) is 5.41 Å². The minimum absolute atomic E-state index is 0.113. The van der Waals surface area contributed by atoms with Gasteiger partial charge in [-0.05, 0) is 30.0 Å². The molecule has 17 heavy (non-hydrogen) atoms. The molecule has 0 saturated carbocycles. The minimum atomic E-state index is -1.94. The monoisotopic (exact) mass is 256 g/mol. The van der Waals surface area contributed by atoms with Gasteiger partial charge in [0, 0.05) is 5.56 Å². The predicted octanol–water partition coefficient (Wildman–Crippen LogP) is 3.35. The van der Waals surface area contributed by atoms with Crippen LogP contribution < -0.4 is 4.74 Å². The van der Waals surface area contributed by atoms with Crippen molar-refractivity contribution in [3.05, 3.63) is 23.8 Å². The van der Waals surface area contributed by atoms with Crippen molar-refractivity contribution in [2.45, 2.75) is 44.4 Å². The summed E-state index contributed by atoms with van der Waals surface area (Å²) in [6.07, 6.45) is 0.942. The second-order valence-electron chi connectivity index (χ2n) is 5.01. The molecule has 1 N–H and O–H groups in total. The normalized spacial score (nSPS) is 13.5. The molecule has 1 aromatic rings. The molecule has 0 aromatic heterocycles. The Bertz CT molecular complexity index is 408. The van der Waals surface area contributed by atoms with Crippen LogP contribution in [0.4, 0.5) is 0 Å². The van der Waals surface area contributed by atoms with E-state index in [0.29, 0.717) is 11.5 Å². The molecule has 1 aromatic carbocycles. The standard InChI is InChI=1S/C13H20O3S/c1-5-8-16-12-7-6-10(17(14)15)9-11(12)13(2,3)4/h6-7,9H,5,8H2,1-4H3,(H,14,15). The highest BCUT2D eigenvalue weighted by Crippen LogP contribution is 2.32. The molecule has 0 saturated heterocycles. The van der Waals surface area contributed by atoms with Crippen LogP contribution in [0.2, 0.25) is 0 Å². The first kappa shape index (κ1) is 14.2. The molecule has 3 nitrogen and oxygen atoms in total. The molecule has 0 aliphatic carbocycles. The van der Waals surface area contributed by atoms with Crippen molar-refractivity contribution in [2.24, 2.45) is 0 Å². The SMILES string of the molecule is CCCOc1ccc(S(=O)O)cc1C(C)(C)C. The van der Waals surface area contributed by atoms with Crippen LogP contribution in [0.3, 0.4) is 0 Å². The third-order valence-corrected chi connectivity index (χ3v) is 3.08. The van der Waals surface area contributed by atoms with Crippen LogP contribution in [0.5, 0.6) is 5.75 Å². The van der Waals surface area contributed by atoms with Crippen molar-refractivity contribution < 1.29 is 13.5 Å². The van der Waals surface area contributed by atoms with E-state index < -0.39 is 11.1 Å². The lowest BCUT2D eigenvalue weighted by Crippen LogP contribution is -2.14. The Balaban J connectivity index is 3.17. The van der Waals surface area contributed by atoms with E-state index in [1.807, 2.05) is 6.92 Å². The van der Waals surface area contributed by atoms with Gasteiger partial charge < -0.3 is 9.29 Å². The smallest absolute Gasteiger partial charge is 0.186 e. The Labute approximate surface area is 105 Å². The van der Waals surface area contributed by atoms with Crippen LogP contribution in [-0.4, -0.2) is 15.4 Å². The number of ether oxygens (including phenoxy) is 1. The second-order valence-corrected chi connectivity index (χ2v) is 5.98. The second kappa shape index (κ2) is 5.65. The first-order valence-electron chi connectivity index (χ1n) is 5.74. The molecule has 0 fully saturated rings. The van der Waals surface area contributed by atoms with Crippen molar-refractivity contribution >= 4 is 11.1 Å². The fraction of sp³-hybridized carbons (Fsp3) is 0.538. The quantitative estimate of drug-likeness (QED) is 0.840. The van der Waals surface area contributed by atoms with Crippen molar-refractivity contribution in [3.8, 4) is 5.75 Å². The summed E-state index contributed by atoms with van der Waals surface area (Å²) in [6.45, 7) is 8.89. The average molecular weight is 256 g/mol. The fourth-order valence-corrected chi connectivity index (χ4v) is 1.94. The lowest BCUT2D eigenvalue weighted by Gasteiger charge is -2.23. The summed E-state index contributed by atoms with van der Waals surface area (Å²) in [4.78, 5) is 0.416. The largest absolute Gasteiger partial charge is 0.493 e. The summed E-state index contributed by atoms with van der Waals surface area (Å²) in [6, 6.07) is 5.16. The van der Waals surface area contributed by atoms with Gasteiger partial charge in [-0.3, -0.25) is 0 Å². The van der Waals surface area contributed by atoms with Gasteiger partial charge in [-0.25, -0.2) is 4.21 Å². The van der Waals surface area contributed by atoms with Gasteiger partial charge in [0.2, 0.25) is 0 Å². The Morgan fingerprint density at radius 2 is 2.00 bits per heavy atom. The van der Waals surface area contributed by atoms with Crippen molar-refractivity contribution in [1.29, 1.82) is 0 Å². The van der Waals surface area contributed by atoms with Crippen LogP contribution in [0.25, 0.3) is 0 Å². The summed E-state index contributed by atoms with van der Waals surface area (Å²) in [7, 11) is 0.